The SMILES string of the molecule is CCOC1(C(O)CC)CCCCC1. The van der Waals surface area contributed by atoms with Crippen LogP contribution in [0.25, 0.3) is 0 Å². The normalized spacial score (nSPS) is 24.2. The van der Waals surface area contributed by atoms with Crippen LogP contribution in [0.15, 0.2) is 0 Å². The lowest BCUT2D eigenvalue weighted by molar-refractivity contribution is -0.140. The summed E-state index contributed by atoms with van der Waals surface area (Å²) < 4.78 is 5.77. The molecular formula is C11H22O2. The summed E-state index contributed by atoms with van der Waals surface area (Å²) in [7, 11) is 0. The average Bonchev–Trinajstić information content (AvgIpc) is 2.18. The van der Waals surface area contributed by atoms with Crippen molar-refractivity contribution in [3.63, 3.8) is 0 Å². The molecule has 1 rings (SSSR count). The highest BCUT2D eigenvalue weighted by Gasteiger charge is 2.38. The maximum atomic E-state index is 9.94. The van der Waals surface area contributed by atoms with E-state index in [-0.39, 0.29) is 11.7 Å². The Hall–Kier alpha value is -0.0800. The van der Waals surface area contributed by atoms with Crippen LogP contribution in [0, 0.1) is 0 Å². The molecule has 0 aromatic rings. The molecule has 0 saturated heterocycles. The fourth-order valence-corrected chi connectivity index (χ4v) is 2.38. The molecule has 2 heteroatoms. The van der Waals surface area contributed by atoms with E-state index in [9.17, 15) is 5.11 Å². The zero-order chi connectivity index (χ0) is 9.73. The van der Waals surface area contributed by atoms with Gasteiger partial charge in [-0.05, 0) is 26.2 Å². The molecule has 0 aromatic carbocycles. The Balaban J connectivity index is 2.60. The standard InChI is InChI=1S/C11H22O2/c1-3-10(12)11(13-4-2)8-6-5-7-9-11/h10,12H,3-9H2,1-2H3. The number of hydrogen-bond donors (Lipinski definition) is 1. The van der Waals surface area contributed by atoms with Crippen molar-refractivity contribution in [2.75, 3.05) is 6.61 Å². The van der Waals surface area contributed by atoms with Gasteiger partial charge in [0.05, 0.1) is 11.7 Å². The van der Waals surface area contributed by atoms with E-state index in [1.165, 1.54) is 19.3 Å². The predicted molar refractivity (Wildman–Crippen MR) is 53.7 cm³/mol. The van der Waals surface area contributed by atoms with E-state index in [1.807, 2.05) is 13.8 Å². The Labute approximate surface area is 81.3 Å². The van der Waals surface area contributed by atoms with Gasteiger partial charge in [-0.1, -0.05) is 26.2 Å². The highest BCUT2D eigenvalue weighted by Crippen LogP contribution is 2.35. The summed E-state index contributed by atoms with van der Waals surface area (Å²) in [5, 5.41) is 9.94. The Morgan fingerprint density at radius 2 is 1.85 bits per heavy atom. The quantitative estimate of drug-likeness (QED) is 0.731. The molecule has 1 aliphatic rings. The molecular weight excluding hydrogens is 164 g/mol. The third-order valence-corrected chi connectivity index (χ3v) is 3.13. The molecule has 1 saturated carbocycles. The van der Waals surface area contributed by atoms with E-state index in [0.29, 0.717) is 0 Å². The predicted octanol–water partition coefficient (Wildman–Crippen LogP) is 2.50. The summed E-state index contributed by atoms with van der Waals surface area (Å²) in [6.07, 6.45) is 6.32. The molecule has 1 aliphatic carbocycles. The van der Waals surface area contributed by atoms with Crippen LogP contribution >= 0.6 is 0 Å². The molecule has 0 spiro atoms. The lowest BCUT2D eigenvalue weighted by Gasteiger charge is -2.40. The third kappa shape index (κ3) is 2.44. The third-order valence-electron chi connectivity index (χ3n) is 3.13. The van der Waals surface area contributed by atoms with E-state index in [1.54, 1.807) is 0 Å². The second-order valence-corrected chi connectivity index (χ2v) is 3.98. The van der Waals surface area contributed by atoms with Gasteiger partial charge in [-0.15, -0.1) is 0 Å². The van der Waals surface area contributed by atoms with E-state index in [4.69, 9.17) is 4.74 Å². The molecule has 0 heterocycles. The van der Waals surface area contributed by atoms with Gasteiger partial charge < -0.3 is 9.84 Å². The average molecular weight is 186 g/mol. The smallest absolute Gasteiger partial charge is 0.0939 e. The molecule has 1 fully saturated rings. The maximum Gasteiger partial charge on any atom is 0.0939 e. The lowest BCUT2D eigenvalue weighted by Crippen LogP contribution is -2.46. The first-order valence-electron chi connectivity index (χ1n) is 5.57. The van der Waals surface area contributed by atoms with Gasteiger partial charge in [0.15, 0.2) is 0 Å². The molecule has 78 valence electrons. The van der Waals surface area contributed by atoms with E-state index < -0.39 is 0 Å². The summed E-state index contributed by atoms with van der Waals surface area (Å²) in [5.74, 6) is 0. The van der Waals surface area contributed by atoms with Crippen LogP contribution < -0.4 is 0 Å². The minimum atomic E-state index is -0.271. The van der Waals surface area contributed by atoms with Gasteiger partial charge in [0.25, 0.3) is 0 Å². The maximum absolute atomic E-state index is 9.94. The zero-order valence-electron chi connectivity index (χ0n) is 8.88. The summed E-state index contributed by atoms with van der Waals surface area (Å²) in [4.78, 5) is 0. The largest absolute Gasteiger partial charge is 0.390 e. The van der Waals surface area contributed by atoms with Crippen molar-refractivity contribution < 1.29 is 9.84 Å². The van der Waals surface area contributed by atoms with Gasteiger partial charge >= 0.3 is 0 Å². The first kappa shape index (κ1) is 11.0. The highest BCUT2D eigenvalue weighted by atomic mass is 16.5. The van der Waals surface area contributed by atoms with Crippen LogP contribution in [0.1, 0.15) is 52.4 Å². The van der Waals surface area contributed by atoms with Crippen molar-refractivity contribution >= 4 is 0 Å². The van der Waals surface area contributed by atoms with E-state index >= 15 is 0 Å². The van der Waals surface area contributed by atoms with Crippen molar-refractivity contribution in [1.82, 2.24) is 0 Å². The topological polar surface area (TPSA) is 29.5 Å². The summed E-state index contributed by atoms with van der Waals surface area (Å²) in [6.45, 7) is 4.76. The van der Waals surface area contributed by atoms with Crippen molar-refractivity contribution in [1.29, 1.82) is 0 Å². The number of aliphatic hydroxyl groups excluding tert-OH is 1. The number of aliphatic hydroxyl groups is 1. The van der Waals surface area contributed by atoms with E-state index in [2.05, 4.69) is 0 Å². The zero-order valence-corrected chi connectivity index (χ0v) is 8.88. The van der Waals surface area contributed by atoms with Crippen LogP contribution in [0.2, 0.25) is 0 Å². The monoisotopic (exact) mass is 186 g/mol. The van der Waals surface area contributed by atoms with Crippen molar-refractivity contribution in [2.24, 2.45) is 0 Å². The Morgan fingerprint density at radius 1 is 1.23 bits per heavy atom. The van der Waals surface area contributed by atoms with E-state index in [0.717, 1.165) is 25.9 Å². The summed E-state index contributed by atoms with van der Waals surface area (Å²) in [5.41, 5.74) is -0.207. The molecule has 1 atom stereocenters. The number of rotatable bonds is 4. The fourth-order valence-electron chi connectivity index (χ4n) is 2.38. The minimum absolute atomic E-state index is 0.207. The first-order chi connectivity index (χ1) is 6.25. The van der Waals surface area contributed by atoms with Gasteiger partial charge in [-0.3, -0.25) is 0 Å². The lowest BCUT2D eigenvalue weighted by atomic mass is 9.79. The molecule has 0 aromatic heterocycles. The Morgan fingerprint density at radius 3 is 2.31 bits per heavy atom. The van der Waals surface area contributed by atoms with Gasteiger partial charge in [0.2, 0.25) is 0 Å². The van der Waals surface area contributed by atoms with Crippen LogP contribution in [-0.4, -0.2) is 23.4 Å². The molecule has 1 N–H and O–H groups in total. The summed E-state index contributed by atoms with van der Waals surface area (Å²) >= 11 is 0. The van der Waals surface area contributed by atoms with Crippen LogP contribution in [0.3, 0.4) is 0 Å². The minimum Gasteiger partial charge on any atom is -0.390 e. The van der Waals surface area contributed by atoms with Gasteiger partial charge in [0, 0.05) is 6.61 Å². The molecule has 2 nitrogen and oxygen atoms in total. The highest BCUT2D eigenvalue weighted by molar-refractivity contribution is 4.90. The van der Waals surface area contributed by atoms with Crippen molar-refractivity contribution in [3.8, 4) is 0 Å². The molecule has 0 radical (unpaired) electrons. The number of hydrogen-bond acceptors (Lipinski definition) is 2. The van der Waals surface area contributed by atoms with Gasteiger partial charge in [-0.25, -0.2) is 0 Å². The van der Waals surface area contributed by atoms with Gasteiger partial charge in [-0.2, -0.15) is 0 Å². The van der Waals surface area contributed by atoms with Gasteiger partial charge in [0.1, 0.15) is 0 Å². The van der Waals surface area contributed by atoms with Crippen LogP contribution in [0.5, 0.6) is 0 Å². The molecule has 1 unspecified atom stereocenters. The second-order valence-electron chi connectivity index (χ2n) is 3.98. The Bertz CT molecular complexity index is 134. The van der Waals surface area contributed by atoms with Crippen LogP contribution in [0.4, 0.5) is 0 Å². The van der Waals surface area contributed by atoms with Crippen LogP contribution in [-0.2, 0) is 4.74 Å². The molecule has 0 aliphatic heterocycles. The molecule has 13 heavy (non-hydrogen) atoms. The fraction of sp³-hybridized carbons (Fsp3) is 1.00. The van der Waals surface area contributed by atoms with Crippen molar-refractivity contribution in [3.05, 3.63) is 0 Å². The second kappa shape index (κ2) is 4.97. The summed E-state index contributed by atoms with van der Waals surface area (Å²) in [6, 6.07) is 0. The molecule has 0 amide bonds. The Kier molecular flexibility index (Phi) is 4.20. The molecule has 0 bridgehead atoms. The first-order valence-corrected chi connectivity index (χ1v) is 5.57. The van der Waals surface area contributed by atoms with Crippen molar-refractivity contribution in [2.45, 2.75) is 64.1 Å². The number of ether oxygens (including phenoxy) is 1.